The van der Waals surface area contributed by atoms with Gasteiger partial charge in [-0.2, -0.15) is 0 Å². The monoisotopic (exact) mass is 292 g/mol. The van der Waals surface area contributed by atoms with E-state index in [1.165, 1.54) is 0 Å². The zero-order valence-corrected chi connectivity index (χ0v) is 13.2. The van der Waals surface area contributed by atoms with Gasteiger partial charge in [0.1, 0.15) is 6.54 Å². The molecule has 2 aromatic rings. The normalized spacial score (nSPS) is 12.0. The van der Waals surface area contributed by atoms with Gasteiger partial charge < -0.3 is 5.32 Å². The van der Waals surface area contributed by atoms with Crippen molar-refractivity contribution in [1.82, 2.24) is 40.5 Å². The fourth-order valence-corrected chi connectivity index (χ4v) is 1.82. The summed E-state index contributed by atoms with van der Waals surface area (Å²) in [6.07, 6.45) is 4.11. The molecule has 0 unspecified atom stereocenters. The van der Waals surface area contributed by atoms with Crippen molar-refractivity contribution in [2.24, 2.45) is 0 Å². The van der Waals surface area contributed by atoms with E-state index in [4.69, 9.17) is 0 Å². The molecule has 0 atom stereocenters. The Morgan fingerprint density at radius 2 is 2.00 bits per heavy atom. The van der Waals surface area contributed by atoms with Gasteiger partial charge in [-0.25, -0.2) is 9.36 Å². The maximum atomic E-state index is 4.16. The van der Waals surface area contributed by atoms with E-state index >= 15 is 0 Å². The van der Waals surface area contributed by atoms with E-state index < -0.39 is 0 Å². The van der Waals surface area contributed by atoms with Crippen LogP contribution in [0.5, 0.6) is 0 Å². The highest BCUT2D eigenvalue weighted by molar-refractivity contribution is 4.95. The largest absolute Gasteiger partial charge is 0.306 e. The molecular formula is C13H24N8. The minimum absolute atomic E-state index is 0.0635. The molecule has 0 saturated heterocycles. The van der Waals surface area contributed by atoms with Crippen molar-refractivity contribution in [2.75, 3.05) is 0 Å². The van der Waals surface area contributed by atoms with Gasteiger partial charge in [0, 0.05) is 18.6 Å². The first-order valence-corrected chi connectivity index (χ1v) is 7.37. The van der Waals surface area contributed by atoms with Crippen molar-refractivity contribution >= 4 is 0 Å². The van der Waals surface area contributed by atoms with Crippen LogP contribution in [0.4, 0.5) is 0 Å². The van der Waals surface area contributed by atoms with E-state index in [0.29, 0.717) is 13.1 Å². The Balaban J connectivity index is 1.95. The average molecular weight is 292 g/mol. The summed E-state index contributed by atoms with van der Waals surface area (Å²) in [6.45, 7) is 10.6. The molecule has 0 aliphatic rings. The van der Waals surface area contributed by atoms with Crippen molar-refractivity contribution in [2.45, 2.75) is 65.7 Å². The predicted molar refractivity (Wildman–Crippen MR) is 78.4 cm³/mol. The Bertz CT molecular complexity index is 551. The van der Waals surface area contributed by atoms with Gasteiger partial charge in [0.25, 0.3) is 0 Å². The number of tetrazole rings is 1. The summed E-state index contributed by atoms with van der Waals surface area (Å²) in [6, 6.07) is 0. The lowest BCUT2D eigenvalue weighted by atomic mass is 10.1. The maximum Gasteiger partial charge on any atom is 0.172 e. The Labute approximate surface area is 124 Å². The van der Waals surface area contributed by atoms with Crippen molar-refractivity contribution in [3.63, 3.8) is 0 Å². The molecule has 0 fully saturated rings. The summed E-state index contributed by atoms with van der Waals surface area (Å²) < 4.78 is 3.60. The summed E-state index contributed by atoms with van der Waals surface area (Å²) in [5.74, 6) is 0.809. The Morgan fingerprint density at radius 1 is 1.19 bits per heavy atom. The van der Waals surface area contributed by atoms with Crippen LogP contribution in [0.15, 0.2) is 6.20 Å². The Hall–Kier alpha value is -1.83. The van der Waals surface area contributed by atoms with E-state index in [9.17, 15) is 0 Å². The number of aryl methyl sites for hydroxylation is 1. The topological polar surface area (TPSA) is 86.3 Å². The molecule has 0 spiro atoms. The van der Waals surface area contributed by atoms with Crippen molar-refractivity contribution < 1.29 is 0 Å². The SMILES string of the molecule is CCCCn1nnnc1Cn1cc(CNC(C)(C)C)nn1. The molecule has 0 aliphatic heterocycles. The number of rotatable bonds is 7. The summed E-state index contributed by atoms with van der Waals surface area (Å²) >= 11 is 0. The first-order valence-electron chi connectivity index (χ1n) is 7.37. The number of hydrogen-bond donors (Lipinski definition) is 1. The molecule has 8 nitrogen and oxygen atoms in total. The molecule has 2 aromatic heterocycles. The van der Waals surface area contributed by atoms with Crippen molar-refractivity contribution in [3.05, 3.63) is 17.7 Å². The number of hydrogen-bond acceptors (Lipinski definition) is 6. The third kappa shape index (κ3) is 4.89. The standard InChI is InChI=1S/C13H24N8/c1-5-6-7-21-12(16-17-19-21)10-20-9-11(15-18-20)8-14-13(2,3)4/h9,14H,5-8,10H2,1-4H3. The third-order valence-corrected chi connectivity index (χ3v) is 3.02. The Morgan fingerprint density at radius 3 is 2.71 bits per heavy atom. The number of unbranched alkanes of at least 4 members (excludes halogenated alkanes) is 1. The van der Waals surface area contributed by atoms with Crippen LogP contribution in [-0.4, -0.2) is 40.7 Å². The summed E-state index contributed by atoms with van der Waals surface area (Å²) in [4.78, 5) is 0. The summed E-state index contributed by atoms with van der Waals surface area (Å²) in [7, 11) is 0. The molecule has 0 radical (unpaired) electrons. The van der Waals surface area contributed by atoms with Gasteiger partial charge in [0.2, 0.25) is 0 Å². The zero-order valence-electron chi connectivity index (χ0n) is 13.2. The average Bonchev–Trinajstić information content (AvgIpc) is 3.03. The van der Waals surface area contributed by atoms with Gasteiger partial charge in [-0.05, 0) is 37.6 Å². The van der Waals surface area contributed by atoms with Crippen molar-refractivity contribution in [1.29, 1.82) is 0 Å². The van der Waals surface area contributed by atoms with Crippen LogP contribution in [-0.2, 0) is 19.6 Å². The minimum atomic E-state index is 0.0635. The van der Waals surface area contributed by atoms with E-state index in [-0.39, 0.29) is 5.54 Å². The lowest BCUT2D eigenvalue weighted by Gasteiger charge is -2.19. The quantitative estimate of drug-likeness (QED) is 0.819. The molecule has 0 aliphatic carbocycles. The van der Waals surface area contributed by atoms with Gasteiger partial charge in [0.05, 0.1) is 11.9 Å². The van der Waals surface area contributed by atoms with Gasteiger partial charge in [0.15, 0.2) is 5.82 Å². The number of nitrogens with zero attached hydrogens (tertiary/aromatic N) is 7. The minimum Gasteiger partial charge on any atom is -0.306 e. The molecule has 0 bridgehead atoms. The molecule has 0 saturated carbocycles. The predicted octanol–water partition coefficient (Wildman–Crippen LogP) is 1.00. The van der Waals surface area contributed by atoms with Crippen LogP contribution in [0, 0.1) is 0 Å². The first-order chi connectivity index (χ1) is 9.98. The molecule has 1 N–H and O–H groups in total. The van der Waals surface area contributed by atoms with Crippen LogP contribution in [0.2, 0.25) is 0 Å². The molecule has 2 rings (SSSR count). The van der Waals surface area contributed by atoms with Crippen LogP contribution < -0.4 is 5.32 Å². The van der Waals surface area contributed by atoms with E-state index in [2.05, 4.69) is 58.8 Å². The van der Waals surface area contributed by atoms with Gasteiger partial charge >= 0.3 is 0 Å². The van der Waals surface area contributed by atoms with Gasteiger partial charge in [-0.3, -0.25) is 0 Å². The van der Waals surface area contributed by atoms with Crippen LogP contribution in [0.25, 0.3) is 0 Å². The molecule has 2 heterocycles. The molecule has 21 heavy (non-hydrogen) atoms. The van der Waals surface area contributed by atoms with E-state index in [1.807, 2.05) is 10.9 Å². The highest BCUT2D eigenvalue weighted by Gasteiger charge is 2.11. The van der Waals surface area contributed by atoms with Crippen LogP contribution in [0.1, 0.15) is 52.1 Å². The summed E-state index contributed by atoms with van der Waals surface area (Å²) in [5, 5.41) is 23.5. The molecule has 116 valence electrons. The highest BCUT2D eigenvalue weighted by Crippen LogP contribution is 2.03. The van der Waals surface area contributed by atoms with Crippen molar-refractivity contribution in [3.8, 4) is 0 Å². The first kappa shape index (κ1) is 15.6. The second kappa shape index (κ2) is 6.75. The van der Waals surface area contributed by atoms with Crippen LogP contribution >= 0.6 is 0 Å². The lowest BCUT2D eigenvalue weighted by Crippen LogP contribution is -2.35. The highest BCUT2D eigenvalue weighted by atomic mass is 15.6. The van der Waals surface area contributed by atoms with E-state index in [1.54, 1.807) is 4.68 Å². The fourth-order valence-electron chi connectivity index (χ4n) is 1.82. The number of nitrogens with one attached hydrogen (secondary N) is 1. The maximum absolute atomic E-state index is 4.16. The molecule has 0 aromatic carbocycles. The smallest absolute Gasteiger partial charge is 0.172 e. The molecular weight excluding hydrogens is 268 g/mol. The summed E-state index contributed by atoms with van der Waals surface area (Å²) in [5.41, 5.74) is 0.978. The molecule has 8 heteroatoms. The lowest BCUT2D eigenvalue weighted by molar-refractivity contribution is 0.421. The second-order valence-corrected chi connectivity index (χ2v) is 6.18. The van der Waals surface area contributed by atoms with Crippen LogP contribution in [0.3, 0.4) is 0 Å². The fraction of sp³-hybridized carbons (Fsp3) is 0.769. The third-order valence-electron chi connectivity index (χ3n) is 3.02. The Kier molecular flexibility index (Phi) is 5.00. The van der Waals surface area contributed by atoms with E-state index in [0.717, 1.165) is 30.9 Å². The second-order valence-electron chi connectivity index (χ2n) is 6.18. The zero-order chi connectivity index (χ0) is 15.3. The number of aromatic nitrogens is 7. The van der Waals surface area contributed by atoms with Gasteiger partial charge in [-0.1, -0.05) is 18.6 Å². The molecule has 0 amide bonds. The van der Waals surface area contributed by atoms with Gasteiger partial charge in [-0.15, -0.1) is 10.2 Å².